The summed E-state index contributed by atoms with van der Waals surface area (Å²) < 4.78 is 0. The van der Waals surface area contributed by atoms with Crippen LogP contribution in [0.3, 0.4) is 0 Å². The molecule has 3 aliphatic carbocycles. The summed E-state index contributed by atoms with van der Waals surface area (Å²) in [5.41, 5.74) is 0. The second-order valence-electron chi connectivity index (χ2n) is 6.28. The summed E-state index contributed by atoms with van der Waals surface area (Å²) in [6.45, 7) is 3.67. The maximum absolute atomic E-state index is 3.82. The Hall–Kier alpha value is -0.300. The fraction of sp³-hybridized carbons (Fsp3) is 0.867. The summed E-state index contributed by atoms with van der Waals surface area (Å²) >= 11 is 0. The molecular formula is C15H25N. The van der Waals surface area contributed by atoms with Crippen molar-refractivity contribution < 1.29 is 0 Å². The smallest absolute Gasteiger partial charge is 0.00671 e. The van der Waals surface area contributed by atoms with Gasteiger partial charge in [0.1, 0.15) is 0 Å². The molecule has 0 amide bonds. The lowest BCUT2D eigenvalue weighted by Gasteiger charge is -2.25. The van der Waals surface area contributed by atoms with Crippen LogP contribution in [0.2, 0.25) is 0 Å². The molecule has 90 valence electrons. The van der Waals surface area contributed by atoms with E-state index < -0.39 is 0 Å². The van der Waals surface area contributed by atoms with Crippen LogP contribution in [-0.4, -0.2) is 12.6 Å². The first-order valence-corrected chi connectivity index (χ1v) is 7.24. The van der Waals surface area contributed by atoms with Crippen LogP contribution in [0.4, 0.5) is 0 Å². The Morgan fingerprint density at radius 1 is 1.19 bits per heavy atom. The van der Waals surface area contributed by atoms with Crippen molar-refractivity contribution in [1.82, 2.24) is 5.32 Å². The van der Waals surface area contributed by atoms with Crippen molar-refractivity contribution in [3.63, 3.8) is 0 Å². The minimum Gasteiger partial charge on any atom is -0.314 e. The SMILES string of the molecule is C[C@@H](NCC1CC2C=CC1C2)C1CCCC1. The summed E-state index contributed by atoms with van der Waals surface area (Å²) in [6.07, 6.45) is 13.7. The molecule has 16 heavy (non-hydrogen) atoms. The van der Waals surface area contributed by atoms with Crippen molar-refractivity contribution >= 4 is 0 Å². The lowest BCUT2D eigenvalue weighted by atomic mass is 9.92. The molecule has 3 aliphatic rings. The fourth-order valence-corrected chi connectivity index (χ4v) is 4.09. The van der Waals surface area contributed by atoms with Crippen LogP contribution < -0.4 is 5.32 Å². The van der Waals surface area contributed by atoms with E-state index in [2.05, 4.69) is 24.4 Å². The highest BCUT2D eigenvalue weighted by molar-refractivity contribution is 5.10. The van der Waals surface area contributed by atoms with Gasteiger partial charge in [0.15, 0.2) is 0 Å². The molecule has 0 spiro atoms. The zero-order valence-corrected chi connectivity index (χ0v) is 10.5. The molecule has 1 heteroatoms. The van der Waals surface area contributed by atoms with Crippen LogP contribution >= 0.6 is 0 Å². The molecule has 1 N–H and O–H groups in total. The average molecular weight is 219 g/mol. The van der Waals surface area contributed by atoms with Crippen LogP contribution in [-0.2, 0) is 0 Å². The van der Waals surface area contributed by atoms with Gasteiger partial charge in [-0.3, -0.25) is 0 Å². The molecule has 0 aliphatic heterocycles. The molecule has 2 saturated carbocycles. The first-order chi connectivity index (χ1) is 7.83. The van der Waals surface area contributed by atoms with Gasteiger partial charge in [-0.15, -0.1) is 0 Å². The van der Waals surface area contributed by atoms with Gasteiger partial charge in [-0.25, -0.2) is 0 Å². The van der Waals surface area contributed by atoms with Crippen LogP contribution in [0.15, 0.2) is 12.2 Å². The quantitative estimate of drug-likeness (QED) is 0.715. The molecule has 0 radical (unpaired) electrons. The zero-order valence-electron chi connectivity index (χ0n) is 10.5. The van der Waals surface area contributed by atoms with Gasteiger partial charge < -0.3 is 5.32 Å². The van der Waals surface area contributed by atoms with Gasteiger partial charge in [-0.05, 0) is 62.8 Å². The predicted octanol–water partition coefficient (Wildman–Crippen LogP) is 3.37. The van der Waals surface area contributed by atoms with E-state index in [0.29, 0.717) is 0 Å². The van der Waals surface area contributed by atoms with Gasteiger partial charge in [0.2, 0.25) is 0 Å². The van der Waals surface area contributed by atoms with Gasteiger partial charge >= 0.3 is 0 Å². The fourth-order valence-electron chi connectivity index (χ4n) is 4.09. The number of nitrogens with one attached hydrogen (secondary N) is 1. The second-order valence-corrected chi connectivity index (χ2v) is 6.28. The molecule has 0 aromatic heterocycles. The van der Waals surface area contributed by atoms with Crippen LogP contribution in [0, 0.1) is 23.7 Å². The monoisotopic (exact) mass is 219 g/mol. The van der Waals surface area contributed by atoms with E-state index in [1.807, 2.05) is 0 Å². The largest absolute Gasteiger partial charge is 0.314 e. The molecule has 0 aromatic carbocycles. The average Bonchev–Trinajstić information content (AvgIpc) is 3.01. The van der Waals surface area contributed by atoms with Crippen molar-refractivity contribution in [2.75, 3.05) is 6.54 Å². The van der Waals surface area contributed by atoms with E-state index in [-0.39, 0.29) is 0 Å². The number of hydrogen-bond acceptors (Lipinski definition) is 1. The van der Waals surface area contributed by atoms with E-state index in [4.69, 9.17) is 0 Å². The Morgan fingerprint density at radius 3 is 2.62 bits per heavy atom. The van der Waals surface area contributed by atoms with Gasteiger partial charge in [-0.1, -0.05) is 25.0 Å². The van der Waals surface area contributed by atoms with Crippen molar-refractivity contribution in [1.29, 1.82) is 0 Å². The Kier molecular flexibility index (Phi) is 3.06. The molecule has 0 heterocycles. The lowest BCUT2D eigenvalue weighted by Crippen LogP contribution is -2.36. The van der Waals surface area contributed by atoms with Crippen molar-refractivity contribution in [3.8, 4) is 0 Å². The Balaban J connectivity index is 1.44. The summed E-state index contributed by atoms with van der Waals surface area (Å²) in [6, 6.07) is 0.755. The molecule has 0 aromatic rings. The minimum atomic E-state index is 0.755. The minimum absolute atomic E-state index is 0.755. The van der Waals surface area contributed by atoms with Gasteiger partial charge in [0, 0.05) is 6.04 Å². The van der Waals surface area contributed by atoms with Crippen LogP contribution in [0.5, 0.6) is 0 Å². The van der Waals surface area contributed by atoms with Crippen molar-refractivity contribution in [2.45, 2.75) is 51.5 Å². The standard InChI is InChI=1S/C15H25N/c1-11(13-4-2-3-5-13)16-10-15-9-12-6-7-14(15)8-12/h6-7,11-16H,2-5,8-10H2,1H3/t11-,12?,14?,15?/m1/s1. The number of rotatable bonds is 4. The summed E-state index contributed by atoms with van der Waals surface area (Å²) in [4.78, 5) is 0. The number of fused-ring (bicyclic) bond motifs is 2. The Morgan fingerprint density at radius 2 is 2.00 bits per heavy atom. The third-order valence-electron chi connectivity index (χ3n) is 5.23. The highest BCUT2D eigenvalue weighted by Crippen LogP contribution is 2.43. The van der Waals surface area contributed by atoms with E-state index in [0.717, 1.165) is 29.7 Å². The molecular weight excluding hydrogens is 194 g/mol. The van der Waals surface area contributed by atoms with Crippen molar-refractivity contribution in [2.24, 2.45) is 23.7 Å². The van der Waals surface area contributed by atoms with Crippen LogP contribution in [0.25, 0.3) is 0 Å². The summed E-state index contributed by atoms with van der Waals surface area (Å²) in [5.74, 6) is 3.75. The Bertz CT molecular complexity index is 265. The number of allylic oxidation sites excluding steroid dienone is 2. The maximum Gasteiger partial charge on any atom is 0.00671 e. The van der Waals surface area contributed by atoms with E-state index in [1.54, 1.807) is 0 Å². The predicted molar refractivity (Wildman–Crippen MR) is 68.3 cm³/mol. The number of hydrogen-bond donors (Lipinski definition) is 1. The molecule has 2 bridgehead atoms. The maximum atomic E-state index is 3.82. The highest BCUT2D eigenvalue weighted by Gasteiger charge is 2.35. The van der Waals surface area contributed by atoms with E-state index in [9.17, 15) is 0 Å². The second kappa shape index (κ2) is 4.52. The lowest BCUT2D eigenvalue weighted by molar-refractivity contribution is 0.331. The van der Waals surface area contributed by atoms with Gasteiger partial charge in [0.25, 0.3) is 0 Å². The van der Waals surface area contributed by atoms with E-state index >= 15 is 0 Å². The normalized spacial score (nSPS) is 39.7. The van der Waals surface area contributed by atoms with Crippen molar-refractivity contribution in [3.05, 3.63) is 12.2 Å². The Labute approximate surface area is 99.7 Å². The molecule has 3 rings (SSSR count). The molecule has 3 unspecified atom stereocenters. The molecule has 0 saturated heterocycles. The van der Waals surface area contributed by atoms with Crippen LogP contribution in [0.1, 0.15) is 45.4 Å². The highest BCUT2D eigenvalue weighted by atomic mass is 14.9. The summed E-state index contributed by atoms with van der Waals surface area (Å²) in [7, 11) is 0. The molecule has 1 nitrogen and oxygen atoms in total. The topological polar surface area (TPSA) is 12.0 Å². The summed E-state index contributed by atoms with van der Waals surface area (Å²) in [5, 5.41) is 3.82. The molecule has 2 fully saturated rings. The third-order valence-corrected chi connectivity index (χ3v) is 5.23. The van der Waals surface area contributed by atoms with Gasteiger partial charge in [0.05, 0.1) is 0 Å². The van der Waals surface area contributed by atoms with E-state index in [1.165, 1.54) is 45.1 Å². The van der Waals surface area contributed by atoms with Gasteiger partial charge in [-0.2, -0.15) is 0 Å². The third kappa shape index (κ3) is 2.07. The first kappa shape index (κ1) is 10.8. The molecule has 4 atom stereocenters. The first-order valence-electron chi connectivity index (χ1n) is 7.24. The zero-order chi connectivity index (χ0) is 11.0.